The van der Waals surface area contributed by atoms with Gasteiger partial charge in [0, 0.05) is 6.04 Å². The van der Waals surface area contributed by atoms with Crippen molar-refractivity contribution in [1.29, 1.82) is 0 Å². The molecule has 2 atom stereocenters. The minimum Gasteiger partial charge on any atom is -0.444 e. The van der Waals surface area contributed by atoms with Gasteiger partial charge >= 0.3 is 57.5 Å². The average Bonchev–Trinajstić information content (AvgIpc) is 3.06. The van der Waals surface area contributed by atoms with E-state index in [4.69, 9.17) is 18.0 Å². The van der Waals surface area contributed by atoms with Crippen molar-refractivity contribution in [3.05, 3.63) is 56.6 Å². The molecule has 288 valence electrons. The number of amides is 1. The van der Waals surface area contributed by atoms with Gasteiger partial charge in [0.05, 0.1) is 18.2 Å². The zero-order valence-corrected chi connectivity index (χ0v) is 38.9. The molecule has 0 aliphatic rings. The number of nitrogens with two attached hydrogens (primary N) is 2. The number of aromatic amines is 1. The molecule has 0 aliphatic heterocycles. The van der Waals surface area contributed by atoms with Crippen LogP contribution >= 0.6 is 12.2 Å². The molecule has 8 nitrogen and oxygen atoms in total. The number of aliphatic hydroxyl groups is 1. The van der Waals surface area contributed by atoms with Gasteiger partial charge in [0.2, 0.25) is 0 Å². The van der Waals surface area contributed by atoms with Crippen LogP contribution < -0.4 is 68.2 Å². The van der Waals surface area contributed by atoms with Crippen LogP contribution in [0.2, 0.25) is 0 Å². The summed E-state index contributed by atoms with van der Waals surface area (Å²) in [7, 11) is 1.50. The number of fused-ring (bicyclic) bond motifs is 1. The summed E-state index contributed by atoms with van der Waals surface area (Å²) in [5.74, 6) is 1.02. The molecule has 3 rings (SSSR count). The Morgan fingerprint density at radius 2 is 1.65 bits per heavy atom. The molecule has 2 unspecified atom stereocenters. The smallest absolute Gasteiger partial charge is 0.444 e. The van der Waals surface area contributed by atoms with Gasteiger partial charge in [-0.05, 0) is 110 Å². The van der Waals surface area contributed by atoms with Crippen molar-refractivity contribution in [3.63, 3.8) is 0 Å². The van der Waals surface area contributed by atoms with Gasteiger partial charge in [-0.2, -0.15) is 0 Å². The van der Waals surface area contributed by atoms with Crippen molar-refractivity contribution in [2.75, 3.05) is 12.4 Å². The van der Waals surface area contributed by atoms with Crippen LogP contribution in [0.5, 0.6) is 0 Å². The van der Waals surface area contributed by atoms with Gasteiger partial charge in [0.1, 0.15) is 5.60 Å². The second-order valence-electron chi connectivity index (χ2n) is 13.9. The minimum absolute atomic E-state index is 0. The summed E-state index contributed by atoms with van der Waals surface area (Å²) in [6.45, 7) is 26.2. The van der Waals surface area contributed by atoms with E-state index in [1.807, 2.05) is 40.7 Å². The Morgan fingerprint density at radius 1 is 1.08 bits per heavy atom. The summed E-state index contributed by atoms with van der Waals surface area (Å²) < 4.78 is 20.6. The second kappa shape index (κ2) is 26.2. The van der Waals surface area contributed by atoms with Crippen molar-refractivity contribution in [2.24, 2.45) is 17.4 Å². The standard InChI is InChI=1S/C32H43FN3OS.C5H11NO2.C3H8.CH5N.K/c1-9-19(6)12-14-22(10-2)34-31-30-25(17-37)23(11-3)24(16-27(30)35-32(38)36-31)29-26(33)15-13-20(7)28(29)21(8)18(4)5;1-5(2,3)8-4(6)7;1-3-2;1-2;/h13,15,19,22,37H,9-12,14,17H2,1-8H3,(H2,34,35,36,38);1-3H3,(H2,6,7);3H2,1-2H3;2H2,1H3;/q-1;;;;+1. The number of benzene rings is 2. The molecule has 3 aromatic rings. The fourth-order valence-corrected chi connectivity index (χ4v) is 5.66. The number of rotatable bonds is 11. The minimum atomic E-state index is -0.725. The van der Waals surface area contributed by atoms with E-state index in [0.29, 0.717) is 39.6 Å². The molecule has 52 heavy (non-hydrogen) atoms. The summed E-state index contributed by atoms with van der Waals surface area (Å²) in [5.41, 5.74) is 16.2. The molecular weight excluding hydrogens is 701 g/mol. The van der Waals surface area contributed by atoms with Gasteiger partial charge in [-0.3, -0.25) is 0 Å². The third-order valence-electron chi connectivity index (χ3n) is 8.34. The summed E-state index contributed by atoms with van der Waals surface area (Å²) in [6, 6.07) is 7.07. The maximum absolute atomic E-state index is 15.7. The Bertz CT molecular complexity index is 1630. The molecule has 0 bridgehead atoms. The number of aromatic nitrogens is 2. The number of primary amides is 1. The molecule has 0 saturated heterocycles. The first-order valence-corrected chi connectivity index (χ1v) is 18.7. The van der Waals surface area contributed by atoms with E-state index in [1.54, 1.807) is 20.8 Å². The SMILES string of the molecule is CC(C)(C)OC(N)=O.CCC.CCc1c(-c2c(F)ccc(C)c2C(C)=C(C)C)[c-]c2[nH]c(=S)nc(NC(CC)CCC(C)CC)c2c1CO.CN.[K+]. The van der Waals surface area contributed by atoms with Crippen LogP contribution in [0.3, 0.4) is 0 Å². The van der Waals surface area contributed by atoms with Gasteiger partial charge in [0.15, 0.2) is 4.77 Å². The number of carbonyl (C=O) groups excluding carboxylic acids is 1. The molecule has 0 radical (unpaired) electrons. The summed E-state index contributed by atoms with van der Waals surface area (Å²) in [5, 5.41) is 15.1. The zero-order chi connectivity index (χ0) is 39.6. The number of hydrogen-bond acceptors (Lipinski definition) is 7. The molecule has 7 N–H and O–H groups in total. The summed E-state index contributed by atoms with van der Waals surface area (Å²) >= 11 is 5.52. The van der Waals surface area contributed by atoms with Crippen LogP contribution in [0, 0.1) is 29.5 Å². The van der Waals surface area contributed by atoms with Gasteiger partial charge in [-0.1, -0.05) is 100 Å². The molecule has 1 aromatic heterocycles. The maximum Gasteiger partial charge on any atom is 1.00 e. The molecule has 2 aromatic carbocycles. The number of hydrogen-bond donors (Lipinski definition) is 5. The number of allylic oxidation sites excluding steroid dienone is 2. The largest absolute Gasteiger partial charge is 1.00 e. The Hall–Kier alpha value is -1.70. The number of nitrogens with zero attached hydrogens (tertiary/aromatic N) is 1. The van der Waals surface area contributed by atoms with E-state index >= 15 is 4.39 Å². The first kappa shape index (κ1) is 52.4. The van der Waals surface area contributed by atoms with Crippen molar-refractivity contribution in [2.45, 2.75) is 147 Å². The number of aliphatic hydroxyl groups excluding tert-OH is 1. The molecular formula is C41H67FKN5O3S. The predicted molar refractivity (Wildman–Crippen MR) is 218 cm³/mol. The number of halogens is 1. The van der Waals surface area contributed by atoms with Crippen molar-refractivity contribution >= 4 is 40.6 Å². The average molecular weight is 768 g/mol. The Kier molecular flexibility index (Phi) is 26.4. The maximum atomic E-state index is 15.7. The van der Waals surface area contributed by atoms with Crippen LogP contribution in [-0.4, -0.2) is 39.9 Å². The van der Waals surface area contributed by atoms with Gasteiger partial charge in [-0.15, -0.1) is 17.2 Å². The second-order valence-corrected chi connectivity index (χ2v) is 14.3. The first-order valence-electron chi connectivity index (χ1n) is 18.3. The Labute approximate surface area is 362 Å². The Balaban J connectivity index is 0. The van der Waals surface area contributed by atoms with Crippen molar-refractivity contribution < 1.29 is 70.4 Å². The van der Waals surface area contributed by atoms with Crippen LogP contribution in [0.4, 0.5) is 15.0 Å². The third-order valence-corrected chi connectivity index (χ3v) is 8.54. The fourth-order valence-electron chi connectivity index (χ4n) is 5.47. The topological polar surface area (TPSA) is 139 Å². The molecule has 0 fully saturated rings. The van der Waals surface area contributed by atoms with E-state index in [9.17, 15) is 9.90 Å². The van der Waals surface area contributed by atoms with Crippen LogP contribution in [0.15, 0.2) is 17.7 Å². The summed E-state index contributed by atoms with van der Waals surface area (Å²) in [6.07, 6.45) is 5.39. The number of carbonyl (C=O) groups is 1. The fraction of sp³-hybridized carbons (Fsp3) is 0.585. The molecule has 0 saturated carbocycles. The predicted octanol–water partition coefficient (Wildman–Crippen LogP) is 7.97. The number of H-pyrrole nitrogens is 1. The van der Waals surface area contributed by atoms with Gasteiger partial charge < -0.3 is 31.6 Å². The first-order chi connectivity index (χ1) is 23.9. The molecule has 1 amide bonds. The number of anilines is 1. The third kappa shape index (κ3) is 16.3. The van der Waals surface area contributed by atoms with Crippen molar-refractivity contribution in [3.8, 4) is 11.1 Å². The van der Waals surface area contributed by atoms with Gasteiger partial charge in [-0.25, -0.2) is 14.2 Å². The number of nitrogens with one attached hydrogen (secondary N) is 2. The number of ether oxygens (including phenoxy) is 1. The van der Waals surface area contributed by atoms with E-state index in [2.05, 4.69) is 66.4 Å². The molecule has 0 aliphatic carbocycles. The summed E-state index contributed by atoms with van der Waals surface area (Å²) in [4.78, 5) is 17.9. The van der Waals surface area contributed by atoms with E-state index in [0.717, 1.165) is 64.5 Å². The molecule has 1 heterocycles. The van der Waals surface area contributed by atoms with Crippen LogP contribution in [0.25, 0.3) is 27.6 Å². The van der Waals surface area contributed by atoms with Gasteiger partial charge in [0.25, 0.3) is 0 Å². The normalized spacial score (nSPS) is 11.6. The monoisotopic (exact) mass is 767 g/mol. The van der Waals surface area contributed by atoms with E-state index in [1.165, 1.54) is 19.5 Å². The number of aryl methyl sites for hydroxylation is 1. The van der Waals surface area contributed by atoms with Crippen LogP contribution in [0.1, 0.15) is 137 Å². The van der Waals surface area contributed by atoms with Crippen molar-refractivity contribution in [1.82, 2.24) is 9.97 Å². The van der Waals surface area contributed by atoms with Crippen LogP contribution in [-0.2, 0) is 17.8 Å². The molecule has 0 spiro atoms. The van der Waals surface area contributed by atoms with E-state index < -0.39 is 11.7 Å². The quantitative estimate of drug-likeness (QED) is 0.0758. The molecule has 11 heteroatoms. The zero-order valence-electron chi connectivity index (χ0n) is 34.9. The Morgan fingerprint density at radius 3 is 2.08 bits per heavy atom. The van der Waals surface area contributed by atoms with E-state index in [-0.39, 0.29) is 69.9 Å².